The summed E-state index contributed by atoms with van der Waals surface area (Å²) in [5.74, 6) is 1.26. The van der Waals surface area contributed by atoms with Crippen LogP contribution < -0.4 is 14.8 Å². The number of benzene rings is 3. The summed E-state index contributed by atoms with van der Waals surface area (Å²) in [5.41, 5.74) is 4.72. The number of aryl methyl sites for hydroxylation is 1. The number of amides is 2. The van der Waals surface area contributed by atoms with Crippen LogP contribution in [0.25, 0.3) is 11.1 Å². The summed E-state index contributed by atoms with van der Waals surface area (Å²) in [5, 5.41) is 12.3. The fraction of sp³-hybridized carbons (Fsp3) is 0.310. The summed E-state index contributed by atoms with van der Waals surface area (Å²) in [4.78, 5) is 27.7. The molecule has 0 spiro atoms. The molecule has 2 aliphatic rings. The third-order valence-corrected chi connectivity index (χ3v) is 7.09. The fourth-order valence-corrected chi connectivity index (χ4v) is 4.73. The largest absolute Gasteiger partial charge is 0.454 e. The lowest BCUT2D eigenvalue weighted by molar-refractivity contribution is -0.118. The maximum Gasteiger partial charge on any atom is 0.253 e. The van der Waals surface area contributed by atoms with Crippen LogP contribution in [0.4, 0.5) is 5.69 Å². The number of anilines is 1. The van der Waals surface area contributed by atoms with Gasteiger partial charge in [-0.3, -0.25) is 9.59 Å². The Labute approximate surface area is 210 Å². The van der Waals surface area contributed by atoms with E-state index in [1.165, 1.54) is 0 Å². The number of fused-ring (bicyclic) bond motifs is 1. The number of ether oxygens (including phenoxy) is 2. The Morgan fingerprint density at radius 1 is 1.00 bits per heavy atom. The SMILES string of the molecule is CCN(CCO)C(=O)c1ccc(-c2cc(NC(=O)C3(c4ccc5c(c4)OCO5)CC3)ccc2C)cc1. The molecule has 7 heteroatoms. The first-order chi connectivity index (χ1) is 17.4. The molecule has 0 atom stereocenters. The van der Waals surface area contributed by atoms with Gasteiger partial charge < -0.3 is 24.8 Å². The Morgan fingerprint density at radius 2 is 1.75 bits per heavy atom. The van der Waals surface area contributed by atoms with Gasteiger partial charge in [-0.25, -0.2) is 0 Å². The van der Waals surface area contributed by atoms with E-state index in [9.17, 15) is 14.7 Å². The molecule has 36 heavy (non-hydrogen) atoms. The third-order valence-electron chi connectivity index (χ3n) is 7.09. The van der Waals surface area contributed by atoms with Gasteiger partial charge in [-0.15, -0.1) is 0 Å². The molecule has 3 aromatic carbocycles. The van der Waals surface area contributed by atoms with E-state index < -0.39 is 5.41 Å². The van der Waals surface area contributed by atoms with E-state index in [0.717, 1.165) is 40.8 Å². The van der Waals surface area contributed by atoms with Crippen LogP contribution in [0.15, 0.2) is 60.7 Å². The van der Waals surface area contributed by atoms with E-state index in [0.29, 0.717) is 30.2 Å². The van der Waals surface area contributed by atoms with Crippen LogP contribution in [0.1, 0.15) is 41.3 Å². The van der Waals surface area contributed by atoms with Crippen LogP contribution in [0.5, 0.6) is 11.5 Å². The number of nitrogens with one attached hydrogen (secondary N) is 1. The Kier molecular flexibility index (Phi) is 6.41. The standard InChI is InChI=1S/C29H30N2O5/c1-3-31(14-15-32)27(33)21-7-5-20(6-8-21)24-17-23(10-4-19(24)2)30-28(34)29(12-13-29)22-9-11-25-26(16-22)36-18-35-25/h4-11,16-17,32H,3,12-15,18H2,1-2H3,(H,30,34). The predicted octanol–water partition coefficient (Wildman–Crippen LogP) is 4.52. The molecule has 0 aromatic heterocycles. The highest BCUT2D eigenvalue weighted by Gasteiger charge is 2.51. The van der Waals surface area contributed by atoms with Crippen LogP contribution in [0.2, 0.25) is 0 Å². The van der Waals surface area contributed by atoms with E-state index >= 15 is 0 Å². The molecule has 0 radical (unpaired) electrons. The van der Waals surface area contributed by atoms with Crippen LogP contribution in [0.3, 0.4) is 0 Å². The Hall–Kier alpha value is -3.84. The number of rotatable bonds is 8. The first-order valence-electron chi connectivity index (χ1n) is 12.3. The number of carbonyl (C=O) groups excluding carboxylic acids is 2. The zero-order chi connectivity index (χ0) is 25.3. The number of aliphatic hydroxyl groups excluding tert-OH is 1. The molecule has 7 nitrogen and oxygen atoms in total. The average molecular weight is 487 g/mol. The van der Waals surface area contributed by atoms with Gasteiger partial charge in [0, 0.05) is 24.3 Å². The number of hydrogen-bond donors (Lipinski definition) is 2. The predicted molar refractivity (Wildman–Crippen MR) is 137 cm³/mol. The van der Waals surface area contributed by atoms with E-state index in [4.69, 9.17) is 9.47 Å². The topological polar surface area (TPSA) is 88.1 Å². The van der Waals surface area contributed by atoms with E-state index in [-0.39, 0.29) is 25.2 Å². The van der Waals surface area contributed by atoms with Gasteiger partial charge in [0.1, 0.15) is 0 Å². The first-order valence-corrected chi connectivity index (χ1v) is 12.3. The fourth-order valence-electron chi connectivity index (χ4n) is 4.73. The molecule has 0 bridgehead atoms. The highest BCUT2D eigenvalue weighted by molar-refractivity contribution is 6.02. The minimum Gasteiger partial charge on any atom is -0.454 e. The minimum absolute atomic E-state index is 0.0272. The van der Waals surface area contributed by atoms with Gasteiger partial charge in [0.15, 0.2) is 11.5 Å². The van der Waals surface area contributed by atoms with Crippen molar-refractivity contribution in [2.45, 2.75) is 32.1 Å². The zero-order valence-electron chi connectivity index (χ0n) is 20.5. The Bertz CT molecular complexity index is 1300. The highest BCUT2D eigenvalue weighted by Crippen LogP contribution is 2.51. The van der Waals surface area contributed by atoms with E-state index in [1.807, 2.05) is 62.4 Å². The molecule has 1 fully saturated rings. The molecule has 0 unspecified atom stereocenters. The maximum absolute atomic E-state index is 13.4. The van der Waals surface area contributed by atoms with Gasteiger partial charge in [-0.1, -0.05) is 24.3 Å². The van der Waals surface area contributed by atoms with Crippen LogP contribution in [0, 0.1) is 6.92 Å². The number of aliphatic hydroxyl groups is 1. The van der Waals surface area contributed by atoms with Crippen LogP contribution in [-0.2, 0) is 10.2 Å². The van der Waals surface area contributed by atoms with Crippen LogP contribution >= 0.6 is 0 Å². The molecule has 186 valence electrons. The average Bonchev–Trinajstić information content (AvgIpc) is 3.58. The Morgan fingerprint density at radius 3 is 2.44 bits per heavy atom. The lowest BCUT2D eigenvalue weighted by Crippen LogP contribution is -2.33. The molecular formula is C29H30N2O5. The quantitative estimate of drug-likeness (QED) is 0.489. The number of nitrogens with zero attached hydrogens (tertiary/aromatic N) is 1. The molecule has 3 aromatic rings. The Balaban J connectivity index is 1.34. The summed E-state index contributed by atoms with van der Waals surface area (Å²) in [6.07, 6.45) is 1.58. The van der Waals surface area contributed by atoms with E-state index in [1.54, 1.807) is 17.0 Å². The van der Waals surface area contributed by atoms with Crippen LogP contribution in [-0.4, -0.2) is 48.3 Å². The van der Waals surface area contributed by atoms with Crippen molar-refractivity contribution in [1.82, 2.24) is 4.90 Å². The maximum atomic E-state index is 13.4. The summed E-state index contributed by atoms with van der Waals surface area (Å²) in [6.45, 7) is 4.91. The number of hydrogen-bond acceptors (Lipinski definition) is 5. The molecule has 2 N–H and O–H groups in total. The zero-order valence-corrected chi connectivity index (χ0v) is 20.5. The van der Waals surface area contributed by atoms with Crippen molar-refractivity contribution in [3.05, 3.63) is 77.4 Å². The smallest absolute Gasteiger partial charge is 0.253 e. The highest BCUT2D eigenvalue weighted by atomic mass is 16.7. The summed E-state index contributed by atoms with van der Waals surface area (Å²) >= 11 is 0. The number of likely N-dealkylation sites (N-methyl/N-ethyl adjacent to an activating group) is 1. The lowest BCUT2D eigenvalue weighted by Gasteiger charge is -2.20. The summed E-state index contributed by atoms with van der Waals surface area (Å²) in [7, 11) is 0. The third kappa shape index (κ3) is 4.42. The molecule has 1 heterocycles. The molecule has 1 aliphatic carbocycles. The van der Waals surface area contributed by atoms with Crippen molar-refractivity contribution >= 4 is 17.5 Å². The second-order valence-electron chi connectivity index (χ2n) is 9.32. The molecule has 0 saturated heterocycles. The van der Waals surface area contributed by atoms with Gasteiger partial charge in [0.25, 0.3) is 5.91 Å². The van der Waals surface area contributed by atoms with Gasteiger partial charge in [-0.05, 0) is 85.3 Å². The second kappa shape index (κ2) is 9.66. The normalized spacial score (nSPS) is 14.9. The van der Waals surface area contributed by atoms with Gasteiger partial charge >= 0.3 is 0 Å². The summed E-state index contributed by atoms with van der Waals surface area (Å²) < 4.78 is 10.9. The minimum atomic E-state index is -0.548. The van der Waals surface area contributed by atoms with Crippen molar-refractivity contribution in [3.63, 3.8) is 0 Å². The van der Waals surface area contributed by atoms with Gasteiger partial charge in [0.05, 0.1) is 12.0 Å². The van der Waals surface area contributed by atoms with Crippen molar-refractivity contribution in [2.75, 3.05) is 31.8 Å². The van der Waals surface area contributed by atoms with Crippen molar-refractivity contribution < 1.29 is 24.2 Å². The molecule has 1 aliphatic heterocycles. The monoisotopic (exact) mass is 486 g/mol. The van der Waals surface area contributed by atoms with Crippen molar-refractivity contribution in [2.24, 2.45) is 0 Å². The van der Waals surface area contributed by atoms with Gasteiger partial charge in [0.2, 0.25) is 12.7 Å². The molecule has 1 saturated carbocycles. The van der Waals surface area contributed by atoms with Crippen molar-refractivity contribution in [3.8, 4) is 22.6 Å². The van der Waals surface area contributed by atoms with Crippen molar-refractivity contribution in [1.29, 1.82) is 0 Å². The van der Waals surface area contributed by atoms with Gasteiger partial charge in [-0.2, -0.15) is 0 Å². The number of carbonyl (C=O) groups is 2. The lowest BCUT2D eigenvalue weighted by atomic mass is 9.94. The first kappa shape index (κ1) is 23.9. The second-order valence-corrected chi connectivity index (χ2v) is 9.32. The molecule has 5 rings (SSSR count). The summed E-state index contributed by atoms with van der Waals surface area (Å²) in [6, 6.07) is 19.1. The molecule has 2 amide bonds. The van der Waals surface area contributed by atoms with E-state index in [2.05, 4.69) is 5.32 Å². The molecular weight excluding hydrogens is 456 g/mol.